The van der Waals surface area contributed by atoms with Gasteiger partial charge in [-0.15, -0.1) is 35.3 Å². The Kier molecular flexibility index (Phi) is 6.79. The summed E-state index contributed by atoms with van der Waals surface area (Å²) in [5.74, 6) is 1.83. The van der Waals surface area contributed by atoms with Gasteiger partial charge in [-0.05, 0) is 24.3 Å². The van der Waals surface area contributed by atoms with E-state index in [1.165, 1.54) is 11.3 Å². The van der Waals surface area contributed by atoms with Crippen LogP contribution >= 0.6 is 46.9 Å². The normalized spacial score (nSPS) is 13.9. The van der Waals surface area contributed by atoms with Gasteiger partial charge in [-0.1, -0.05) is 11.6 Å². The molecule has 124 valence electrons. The molecule has 0 bridgehead atoms. The summed E-state index contributed by atoms with van der Waals surface area (Å²) in [5, 5.41) is 3.05. The number of fused-ring (bicyclic) bond motifs is 1. The third-order valence-electron chi connectivity index (χ3n) is 3.05. The van der Waals surface area contributed by atoms with Gasteiger partial charge in [0, 0.05) is 23.1 Å². The molecule has 3 rings (SSSR count). The SMILES string of the molecule is I.NC(=NCc1ccc(Cl)s1)Nc1ccc2c(c1)OCCCO2. The number of halogens is 2. The molecule has 1 aliphatic rings. The first-order valence-corrected chi connectivity index (χ1v) is 8.11. The fourth-order valence-electron chi connectivity index (χ4n) is 2.03. The van der Waals surface area contributed by atoms with E-state index in [0.717, 1.165) is 32.8 Å². The summed E-state index contributed by atoms with van der Waals surface area (Å²) in [5.41, 5.74) is 6.72. The van der Waals surface area contributed by atoms with Crippen molar-refractivity contribution in [2.75, 3.05) is 18.5 Å². The lowest BCUT2D eigenvalue weighted by atomic mass is 10.3. The number of nitrogens with two attached hydrogens (primary N) is 1. The first-order chi connectivity index (χ1) is 10.7. The summed E-state index contributed by atoms with van der Waals surface area (Å²) in [6.45, 7) is 1.83. The van der Waals surface area contributed by atoms with Gasteiger partial charge in [0.25, 0.3) is 0 Å². The van der Waals surface area contributed by atoms with Crippen molar-refractivity contribution < 1.29 is 9.47 Å². The zero-order valence-corrected chi connectivity index (χ0v) is 16.2. The Morgan fingerprint density at radius 3 is 2.74 bits per heavy atom. The number of ether oxygens (including phenoxy) is 2. The number of anilines is 1. The maximum atomic E-state index is 5.91. The summed E-state index contributed by atoms with van der Waals surface area (Å²) in [4.78, 5) is 5.36. The molecule has 1 aromatic carbocycles. The second-order valence-electron chi connectivity index (χ2n) is 4.74. The van der Waals surface area contributed by atoms with E-state index in [2.05, 4.69) is 10.3 Å². The van der Waals surface area contributed by atoms with Crippen LogP contribution in [0, 0.1) is 0 Å². The lowest BCUT2D eigenvalue weighted by Gasteiger charge is -2.10. The van der Waals surface area contributed by atoms with Crippen molar-refractivity contribution in [3.05, 3.63) is 39.5 Å². The smallest absolute Gasteiger partial charge is 0.193 e. The molecule has 0 spiro atoms. The number of hydrogen-bond donors (Lipinski definition) is 2. The fraction of sp³-hybridized carbons (Fsp3) is 0.267. The zero-order valence-electron chi connectivity index (χ0n) is 12.3. The van der Waals surface area contributed by atoms with Gasteiger partial charge in [-0.2, -0.15) is 0 Å². The van der Waals surface area contributed by atoms with Crippen LogP contribution in [-0.4, -0.2) is 19.2 Å². The van der Waals surface area contributed by atoms with Crippen LogP contribution in [0.3, 0.4) is 0 Å². The van der Waals surface area contributed by atoms with Crippen LogP contribution < -0.4 is 20.5 Å². The zero-order chi connectivity index (χ0) is 15.4. The van der Waals surface area contributed by atoms with E-state index < -0.39 is 0 Å². The van der Waals surface area contributed by atoms with Gasteiger partial charge in [-0.25, -0.2) is 4.99 Å². The second-order valence-corrected chi connectivity index (χ2v) is 6.54. The Morgan fingerprint density at radius 1 is 1.22 bits per heavy atom. The molecule has 5 nitrogen and oxygen atoms in total. The Hall–Kier alpha value is -1.19. The Bertz CT molecular complexity index is 693. The van der Waals surface area contributed by atoms with Crippen molar-refractivity contribution in [2.45, 2.75) is 13.0 Å². The molecular weight excluding hydrogens is 449 g/mol. The van der Waals surface area contributed by atoms with Gasteiger partial charge in [0.1, 0.15) is 0 Å². The number of aliphatic imine (C=N–C) groups is 1. The van der Waals surface area contributed by atoms with Gasteiger partial charge in [0.05, 0.1) is 24.1 Å². The quantitative estimate of drug-likeness (QED) is 0.407. The minimum atomic E-state index is 0. The van der Waals surface area contributed by atoms with Crippen LogP contribution in [0.25, 0.3) is 0 Å². The first-order valence-electron chi connectivity index (χ1n) is 6.91. The lowest BCUT2D eigenvalue weighted by Crippen LogP contribution is -2.22. The minimum absolute atomic E-state index is 0. The fourth-order valence-corrected chi connectivity index (χ4v) is 3.04. The van der Waals surface area contributed by atoms with E-state index in [1.54, 1.807) is 0 Å². The molecule has 1 aromatic heterocycles. The van der Waals surface area contributed by atoms with Crippen molar-refractivity contribution in [3.8, 4) is 11.5 Å². The summed E-state index contributed by atoms with van der Waals surface area (Å²) in [6.07, 6.45) is 0.879. The standard InChI is InChI=1S/C15H16ClN3O2S.HI/c16-14-5-3-11(22-14)9-18-15(17)19-10-2-4-12-13(8-10)21-7-1-6-20-12;/h2-5,8H,1,6-7,9H2,(H3,17,18,19);1H. The molecule has 0 aliphatic carbocycles. The van der Waals surface area contributed by atoms with Gasteiger partial charge >= 0.3 is 0 Å². The highest BCUT2D eigenvalue weighted by Gasteiger charge is 2.10. The maximum absolute atomic E-state index is 5.91. The largest absolute Gasteiger partial charge is 0.490 e. The highest BCUT2D eigenvalue weighted by atomic mass is 127. The Balaban J connectivity index is 0.00000192. The topological polar surface area (TPSA) is 68.9 Å². The Labute approximate surface area is 160 Å². The predicted molar refractivity (Wildman–Crippen MR) is 106 cm³/mol. The van der Waals surface area contributed by atoms with Gasteiger partial charge in [0.2, 0.25) is 0 Å². The van der Waals surface area contributed by atoms with E-state index in [1.807, 2.05) is 30.3 Å². The van der Waals surface area contributed by atoms with Crippen LogP contribution in [0.4, 0.5) is 5.69 Å². The molecule has 0 amide bonds. The average molecular weight is 466 g/mol. The van der Waals surface area contributed by atoms with Crippen LogP contribution in [0.5, 0.6) is 11.5 Å². The summed E-state index contributed by atoms with van der Waals surface area (Å²) in [6, 6.07) is 9.42. The van der Waals surface area contributed by atoms with E-state index in [-0.39, 0.29) is 24.0 Å². The lowest BCUT2D eigenvalue weighted by molar-refractivity contribution is 0.297. The minimum Gasteiger partial charge on any atom is -0.490 e. The number of hydrogen-bond acceptors (Lipinski definition) is 4. The van der Waals surface area contributed by atoms with Crippen LogP contribution in [0.15, 0.2) is 35.3 Å². The van der Waals surface area contributed by atoms with Crippen LogP contribution in [0.2, 0.25) is 4.34 Å². The molecule has 0 fully saturated rings. The van der Waals surface area contributed by atoms with E-state index in [4.69, 9.17) is 26.8 Å². The highest BCUT2D eigenvalue weighted by Crippen LogP contribution is 2.32. The molecule has 0 atom stereocenters. The first kappa shape index (κ1) is 18.2. The number of nitrogens with one attached hydrogen (secondary N) is 1. The van der Waals surface area contributed by atoms with Crippen molar-refractivity contribution in [1.82, 2.24) is 0 Å². The molecular formula is C15H17ClIN3O2S. The number of rotatable bonds is 3. The van der Waals surface area contributed by atoms with E-state index in [9.17, 15) is 0 Å². The number of guanidine groups is 1. The number of nitrogens with zero attached hydrogens (tertiary/aromatic N) is 1. The van der Waals surface area contributed by atoms with Crippen LogP contribution in [0.1, 0.15) is 11.3 Å². The van der Waals surface area contributed by atoms with Crippen molar-refractivity contribution in [2.24, 2.45) is 10.7 Å². The number of thiophene rings is 1. The molecule has 0 unspecified atom stereocenters. The van der Waals surface area contributed by atoms with Crippen molar-refractivity contribution >= 4 is 58.6 Å². The third kappa shape index (κ3) is 5.15. The van der Waals surface area contributed by atoms with E-state index >= 15 is 0 Å². The van der Waals surface area contributed by atoms with Crippen molar-refractivity contribution in [1.29, 1.82) is 0 Å². The molecule has 0 radical (unpaired) electrons. The predicted octanol–water partition coefficient (Wildman–Crippen LogP) is 4.11. The third-order valence-corrected chi connectivity index (χ3v) is 4.27. The van der Waals surface area contributed by atoms with Gasteiger partial charge in [-0.3, -0.25) is 0 Å². The summed E-state index contributed by atoms with van der Waals surface area (Å²) < 4.78 is 12.0. The molecule has 23 heavy (non-hydrogen) atoms. The number of benzene rings is 1. The Morgan fingerprint density at radius 2 is 2.00 bits per heavy atom. The van der Waals surface area contributed by atoms with Crippen molar-refractivity contribution in [3.63, 3.8) is 0 Å². The maximum Gasteiger partial charge on any atom is 0.193 e. The molecule has 3 N–H and O–H groups in total. The molecule has 1 aliphatic heterocycles. The van der Waals surface area contributed by atoms with Gasteiger partial charge in [0.15, 0.2) is 17.5 Å². The van der Waals surface area contributed by atoms with Gasteiger partial charge < -0.3 is 20.5 Å². The van der Waals surface area contributed by atoms with E-state index in [0.29, 0.717) is 25.7 Å². The summed E-state index contributed by atoms with van der Waals surface area (Å²) in [7, 11) is 0. The molecule has 0 saturated carbocycles. The molecule has 0 saturated heterocycles. The molecule has 8 heteroatoms. The summed E-state index contributed by atoms with van der Waals surface area (Å²) >= 11 is 7.38. The monoisotopic (exact) mass is 465 g/mol. The highest BCUT2D eigenvalue weighted by molar-refractivity contribution is 14.0. The molecule has 2 heterocycles. The van der Waals surface area contributed by atoms with Crippen LogP contribution in [-0.2, 0) is 6.54 Å². The average Bonchev–Trinajstić information content (AvgIpc) is 2.78. The molecule has 2 aromatic rings. The second kappa shape index (κ2) is 8.60.